The zero-order chi connectivity index (χ0) is 17.9. The van der Waals surface area contributed by atoms with Gasteiger partial charge in [0.05, 0.1) is 5.69 Å². The first-order chi connectivity index (χ1) is 12.7. The molecule has 1 saturated heterocycles. The zero-order valence-electron chi connectivity index (χ0n) is 14.0. The van der Waals surface area contributed by atoms with Crippen LogP contribution in [-0.2, 0) is 0 Å². The molecule has 1 N–H and O–H groups in total. The van der Waals surface area contributed by atoms with E-state index in [0.29, 0.717) is 30.3 Å². The van der Waals surface area contributed by atoms with E-state index in [2.05, 4.69) is 19.9 Å². The van der Waals surface area contributed by atoms with Crippen molar-refractivity contribution in [1.29, 1.82) is 0 Å². The number of aromatic nitrogens is 4. The first-order valence-corrected chi connectivity index (χ1v) is 8.42. The highest BCUT2D eigenvalue weighted by Crippen LogP contribution is 2.26. The summed E-state index contributed by atoms with van der Waals surface area (Å²) in [4.78, 5) is 41.9. The molecule has 0 aliphatic carbocycles. The Balaban J connectivity index is 1.57. The summed E-state index contributed by atoms with van der Waals surface area (Å²) in [6.07, 6.45) is 5.70. The van der Waals surface area contributed by atoms with E-state index < -0.39 is 0 Å². The highest BCUT2D eigenvalue weighted by molar-refractivity contribution is 5.92. The number of likely N-dealkylation sites (tertiary alicyclic amines) is 1. The molecule has 1 atom stereocenters. The summed E-state index contributed by atoms with van der Waals surface area (Å²) in [5.41, 5.74) is 1.68. The number of aromatic amines is 1. The molecular formula is C19H17N5O2. The maximum absolute atomic E-state index is 12.5. The van der Waals surface area contributed by atoms with E-state index in [1.165, 1.54) is 6.07 Å². The summed E-state index contributed by atoms with van der Waals surface area (Å²) < 4.78 is 0. The lowest BCUT2D eigenvalue weighted by atomic mass is 10.1. The van der Waals surface area contributed by atoms with Crippen LogP contribution < -0.4 is 5.56 Å². The fourth-order valence-corrected chi connectivity index (χ4v) is 3.16. The predicted molar refractivity (Wildman–Crippen MR) is 95.6 cm³/mol. The van der Waals surface area contributed by atoms with Gasteiger partial charge < -0.3 is 9.88 Å². The Hall–Kier alpha value is -3.35. The fraction of sp³-hybridized carbons (Fsp3) is 0.211. The Bertz CT molecular complexity index is 972. The van der Waals surface area contributed by atoms with Crippen LogP contribution in [-0.4, -0.2) is 43.8 Å². The van der Waals surface area contributed by atoms with Crippen LogP contribution in [0.25, 0.3) is 11.3 Å². The van der Waals surface area contributed by atoms with Gasteiger partial charge in [-0.15, -0.1) is 0 Å². The Kier molecular flexibility index (Phi) is 4.27. The second-order valence-corrected chi connectivity index (χ2v) is 6.20. The van der Waals surface area contributed by atoms with Crippen molar-refractivity contribution >= 4 is 5.91 Å². The third kappa shape index (κ3) is 3.23. The normalized spacial score (nSPS) is 16.6. The number of nitrogens with zero attached hydrogens (tertiary/aromatic N) is 4. The van der Waals surface area contributed by atoms with E-state index in [9.17, 15) is 9.59 Å². The minimum Gasteiger partial charge on any atom is -0.337 e. The molecule has 4 heterocycles. The van der Waals surface area contributed by atoms with Crippen LogP contribution in [0.4, 0.5) is 0 Å². The number of nitrogens with one attached hydrogen (secondary N) is 1. The van der Waals surface area contributed by atoms with E-state index in [0.717, 1.165) is 12.0 Å². The van der Waals surface area contributed by atoms with Gasteiger partial charge in [0.15, 0.2) is 0 Å². The maximum Gasteiger partial charge on any atom is 0.272 e. The van der Waals surface area contributed by atoms with Gasteiger partial charge in [-0.25, -0.2) is 4.98 Å². The predicted octanol–water partition coefficient (Wildman–Crippen LogP) is 1.86. The largest absolute Gasteiger partial charge is 0.337 e. The van der Waals surface area contributed by atoms with E-state index >= 15 is 0 Å². The van der Waals surface area contributed by atoms with Crippen molar-refractivity contribution in [3.8, 4) is 11.3 Å². The third-order valence-corrected chi connectivity index (χ3v) is 4.48. The lowest BCUT2D eigenvalue weighted by Crippen LogP contribution is -2.29. The van der Waals surface area contributed by atoms with Gasteiger partial charge in [0.25, 0.3) is 11.5 Å². The third-order valence-electron chi connectivity index (χ3n) is 4.48. The number of rotatable bonds is 3. The molecular weight excluding hydrogens is 330 g/mol. The molecule has 26 heavy (non-hydrogen) atoms. The number of carbonyl (C=O) groups excluding carboxylic acids is 1. The summed E-state index contributed by atoms with van der Waals surface area (Å²) in [6.45, 7) is 1.13. The molecule has 7 nitrogen and oxygen atoms in total. The van der Waals surface area contributed by atoms with Crippen molar-refractivity contribution in [3.63, 3.8) is 0 Å². The van der Waals surface area contributed by atoms with Crippen molar-refractivity contribution in [1.82, 2.24) is 24.8 Å². The van der Waals surface area contributed by atoms with Crippen LogP contribution in [0.15, 0.2) is 59.8 Å². The minimum atomic E-state index is -0.198. The van der Waals surface area contributed by atoms with Gasteiger partial charge in [-0.05, 0) is 30.7 Å². The molecule has 3 aromatic rings. The van der Waals surface area contributed by atoms with Gasteiger partial charge in [0.1, 0.15) is 11.5 Å². The van der Waals surface area contributed by atoms with Crippen LogP contribution in [0.3, 0.4) is 0 Å². The summed E-state index contributed by atoms with van der Waals surface area (Å²) in [5, 5.41) is 0. The average molecular weight is 347 g/mol. The average Bonchev–Trinajstić information content (AvgIpc) is 3.18. The SMILES string of the molecule is O=C(c1ccccn1)N1CC[C@@H](c2nc(-c3ccncc3)cc(=O)[nH]2)C1. The zero-order valence-corrected chi connectivity index (χ0v) is 14.0. The van der Waals surface area contributed by atoms with E-state index in [4.69, 9.17) is 0 Å². The van der Waals surface area contributed by atoms with Gasteiger partial charge in [0.2, 0.25) is 0 Å². The standard InChI is InChI=1S/C19H17N5O2/c25-17-11-16(13-4-8-20-9-5-13)22-18(23-17)14-6-10-24(12-14)19(26)15-3-1-2-7-21-15/h1-5,7-9,11,14H,6,10,12H2,(H,22,23,25)/t14-/m1/s1. The van der Waals surface area contributed by atoms with Crippen molar-refractivity contribution in [2.75, 3.05) is 13.1 Å². The number of amides is 1. The first-order valence-electron chi connectivity index (χ1n) is 8.42. The number of hydrogen-bond donors (Lipinski definition) is 1. The number of pyridine rings is 2. The summed E-state index contributed by atoms with van der Waals surface area (Å²) in [7, 11) is 0. The topological polar surface area (TPSA) is 91.8 Å². The van der Waals surface area contributed by atoms with E-state index in [1.807, 2.05) is 12.1 Å². The fourth-order valence-electron chi connectivity index (χ4n) is 3.16. The molecule has 130 valence electrons. The molecule has 7 heteroatoms. The molecule has 1 fully saturated rings. The van der Waals surface area contributed by atoms with Gasteiger partial charge >= 0.3 is 0 Å². The minimum absolute atomic E-state index is 0.00264. The van der Waals surface area contributed by atoms with Crippen LogP contribution in [0, 0.1) is 0 Å². The molecule has 0 spiro atoms. The van der Waals surface area contributed by atoms with Crippen LogP contribution >= 0.6 is 0 Å². The van der Waals surface area contributed by atoms with Crippen molar-refractivity contribution in [3.05, 3.63) is 76.9 Å². The highest BCUT2D eigenvalue weighted by atomic mass is 16.2. The highest BCUT2D eigenvalue weighted by Gasteiger charge is 2.30. The number of H-pyrrole nitrogens is 1. The monoisotopic (exact) mass is 347 g/mol. The number of hydrogen-bond acceptors (Lipinski definition) is 5. The van der Waals surface area contributed by atoms with E-state index in [1.54, 1.807) is 41.7 Å². The van der Waals surface area contributed by atoms with Crippen LogP contribution in [0.1, 0.15) is 28.7 Å². The Morgan fingerprint density at radius 3 is 2.77 bits per heavy atom. The summed E-state index contributed by atoms with van der Waals surface area (Å²) in [6, 6.07) is 10.4. The first kappa shape index (κ1) is 16.1. The lowest BCUT2D eigenvalue weighted by Gasteiger charge is -2.16. The van der Waals surface area contributed by atoms with Gasteiger partial charge in [-0.1, -0.05) is 6.07 Å². The van der Waals surface area contributed by atoms with Crippen molar-refractivity contribution in [2.24, 2.45) is 0 Å². The number of carbonyl (C=O) groups is 1. The molecule has 0 bridgehead atoms. The molecule has 1 amide bonds. The maximum atomic E-state index is 12.5. The summed E-state index contributed by atoms with van der Waals surface area (Å²) >= 11 is 0. The van der Waals surface area contributed by atoms with Crippen molar-refractivity contribution < 1.29 is 4.79 Å². The van der Waals surface area contributed by atoms with Gasteiger partial charge in [-0.2, -0.15) is 0 Å². The molecule has 0 radical (unpaired) electrons. The van der Waals surface area contributed by atoms with Crippen LogP contribution in [0.5, 0.6) is 0 Å². The van der Waals surface area contributed by atoms with Crippen LogP contribution in [0.2, 0.25) is 0 Å². The Morgan fingerprint density at radius 1 is 1.15 bits per heavy atom. The second-order valence-electron chi connectivity index (χ2n) is 6.20. The van der Waals surface area contributed by atoms with Gasteiger partial charge in [-0.3, -0.25) is 19.6 Å². The Labute approximate surface area is 149 Å². The van der Waals surface area contributed by atoms with Crippen molar-refractivity contribution in [2.45, 2.75) is 12.3 Å². The second kappa shape index (κ2) is 6.87. The molecule has 1 aliphatic heterocycles. The molecule has 1 aliphatic rings. The van der Waals surface area contributed by atoms with Gasteiger partial charge in [0, 0.05) is 49.2 Å². The quantitative estimate of drug-likeness (QED) is 0.781. The Morgan fingerprint density at radius 2 is 2.00 bits per heavy atom. The molecule has 3 aromatic heterocycles. The molecule has 4 rings (SSSR count). The molecule has 0 unspecified atom stereocenters. The van der Waals surface area contributed by atoms with E-state index in [-0.39, 0.29) is 17.4 Å². The lowest BCUT2D eigenvalue weighted by molar-refractivity contribution is 0.0784. The summed E-state index contributed by atoms with van der Waals surface area (Å²) in [5.74, 6) is 0.513. The molecule has 0 aromatic carbocycles. The smallest absolute Gasteiger partial charge is 0.272 e. The molecule has 0 saturated carbocycles.